The number of nitrogens with two attached hydrogens (primary N) is 1. The highest BCUT2D eigenvalue weighted by Gasteiger charge is 2.31. The van der Waals surface area contributed by atoms with Gasteiger partial charge in [-0.2, -0.15) is 0 Å². The molecule has 0 aromatic heterocycles. The van der Waals surface area contributed by atoms with E-state index < -0.39 is 0 Å². The monoisotopic (exact) mass is 229 g/mol. The number of hydrogen-bond acceptors (Lipinski definition) is 4. The van der Waals surface area contributed by atoms with Gasteiger partial charge in [-0.15, -0.1) is 0 Å². The Bertz CT molecular complexity index is 233. The van der Waals surface area contributed by atoms with E-state index in [9.17, 15) is 4.79 Å². The number of carbonyl (C=O) groups excluding carboxylic acids is 1. The molecule has 1 aliphatic heterocycles. The number of hydrazine groups is 1. The lowest BCUT2D eigenvalue weighted by molar-refractivity contribution is -0.132. The first-order chi connectivity index (χ1) is 7.58. The third-order valence-electron chi connectivity index (χ3n) is 3.12. The zero-order valence-electron chi connectivity index (χ0n) is 10.4. The van der Waals surface area contributed by atoms with E-state index in [4.69, 9.17) is 10.6 Å². The number of likely N-dealkylation sites (N-methyl/N-ethyl adjacent to an activating group) is 1. The Morgan fingerprint density at radius 3 is 2.75 bits per heavy atom. The maximum atomic E-state index is 11.3. The smallest absolute Gasteiger partial charge is 0.263 e. The molecule has 0 aliphatic carbocycles. The Morgan fingerprint density at radius 2 is 2.25 bits per heavy atom. The lowest BCUT2D eigenvalue weighted by Crippen LogP contribution is -2.41. The van der Waals surface area contributed by atoms with Gasteiger partial charge in [0.15, 0.2) is 0 Å². The second-order valence-corrected chi connectivity index (χ2v) is 4.51. The van der Waals surface area contributed by atoms with Crippen LogP contribution >= 0.6 is 0 Å². The summed E-state index contributed by atoms with van der Waals surface area (Å²) in [5.74, 6) is 4.87. The largest absolute Gasteiger partial charge is 0.364 e. The van der Waals surface area contributed by atoms with Crippen molar-refractivity contribution in [3.05, 3.63) is 0 Å². The molecule has 1 rings (SSSR count). The van der Waals surface area contributed by atoms with E-state index in [1.807, 2.05) is 0 Å². The lowest BCUT2D eigenvalue weighted by atomic mass is 10.1. The van der Waals surface area contributed by atoms with Gasteiger partial charge < -0.3 is 4.74 Å². The number of hydrogen-bond donors (Lipinski definition) is 2. The van der Waals surface area contributed by atoms with E-state index in [1.165, 1.54) is 0 Å². The van der Waals surface area contributed by atoms with E-state index in [2.05, 4.69) is 31.1 Å². The van der Waals surface area contributed by atoms with Crippen LogP contribution in [0.1, 0.15) is 33.6 Å². The predicted molar refractivity (Wildman–Crippen MR) is 62.6 cm³/mol. The molecule has 2 unspecified atom stereocenters. The molecule has 0 radical (unpaired) electrons. The Hall–Kier alpha value is -0.650. The Labute approximate surface area is 97.3 Å². The predicted octanol–water partition coefficient (Wildman–Crippen LogP) is 0.254. The maximum absolute atomic E-state index is 11.3. The van der Waals surface area contributed by atoms with Crippen molar-refractivity contribution in [3.63, 3.8) is 0 Å². The van der Waals surface area contributed by atoms with Gasteiger partial charge in [0, 0.05) is 12.6 Å². The van der Waals surface area contributed by atoms with E-state index >= 15 is 0 Å². The number of ether oxygens (including phenoxy) is 1. The van der Waals surface area contributed by atoms with Crippen molar-refractivity contribution < 1.29 is 9.53 Å². The molecule has 0 aromatic rings. The van der Waals surface area contributed by atoms with Crippen molar-refractivity contribution in [2.45, 2.75) is 51.9 Å². The molecular weight excluding hydrogens is 206 g/mol. The number of amides is 1. The molecule has 1 heterocycles. The van der Waals surface area contributed by atoms with Gasteiger partial charge in [-0.25, -0.2) is 5.84 Å². The number of nitrogens with zero attached hydrogens (tertiary/aromatic N) is 1. The van der Waals surface area contributed by atoms with E-state index in [-0.39, 0.29) is 18.1 Å². The SMILES string of the molecule is CCN(CC1CCC(C(=O)NN)O1)C(C)C. The van der Waals surface area contributed by atoms with Crippen LogP contribution < -0.4 is 11.3 Å². The van der Waals surface area contributed by atoms with Crippen LogP contribution in [0.25, 0.3) is 0 Å². The van der Waals surface area contributed by atoms with Crippen LogP contribution in [0, 0.1) is 0 Å². The summed E-state index contributed by atoms with van der Waals surface area (Å²) in [4.78, 5) is 13.6. The minimum Gasteiger partial charge on any atom is -0.364 e. The van der Waals surface area contributed by atoms with Gasteiger partial charge in [-0.1, -0.05) is 6.92 Å². The summed E-state index contributed by atoms with van der Waals surface area (Å²) in [6.45, 7) is 8.37. The van der Waals surface area contributed by atoms with Gasteiger partial charge in [0.05, 0.1) is 6.10 Å². The minimum atomic E-state index is -0.360. The molecule has 0 aromatic carbocycles. The number of carbonyl (C=O) groups is 1. The molecule has 5 heteroatoms. The molecule has 1 saturated heterocycles. The molecule has 1 aliphatic rings. The molecular formula is C11H23N3O2. The van der Waals surface area contributed by atoms with Crippen molar-refractivity contribution in [3.8, 4) is 0 Å². The summed E-state index contributed by atoms with van der Waals surface area (Å²) < 4.78 is 5.66. The highest BCUT2D eigenvalue weighted by molar-refractivity contribution is 5.80. The fraction of sp³-hybridized carbons (Fsp3) is 0.909. The van der Waals surface area contributed by atoms with Crippen molar-refractivity contribution in [1.82, 2.24) is 10.3 Å². The summed E-state index contributed by atoms with van der Waals surface area (Å²) in [7, 11) is 0. The minimum absolute atomic E-state index is 0.157. The fourth-order valence-corrected chi connectivity index (χ4v) is 2.09. The first kappa shape index (κ1) is 13.4. The van der Waals surface area contributed by atoms with Crippen LogP contribution in [0.4, 0.5) is 0 Å². The maximum Gasteiger partial charge on any atom is 0.263 e. The third kappa shape index (κ3) is 3.43. The summed E-state index contributed by atoms with van der Waals surface area (Å²) >= 11 is 0. The Morgan fingerprint density at radius 1 is 1.56 bits per heavy atom. The van der Waals surface area contributed by atoms with Crippen molar-refractivity contribution in [2.24, 2.45) is 5.84 Å². The van der Waals surface area contributed by atoms with E-state index in [0.717, 1.165) is 25.9 Å². The molecule has 0 bridgehead atoms. The normalized spacial score (nSPS) is 25.4. The average molecular weight is 229 g/mol. The molecule has 1 amide bonds. The van der Waals surface area contributed by atoms with Gasteiger partial charge >= 0.3 is 0 Å². The topological polar surface area (TPSA) is 67.6 Å². The molecule has 3 N–H and O–H groups in total. The summed E-state index contributed by atoms with van der Waals surface area (Å²) in [5.41, 5.74) is 2.14. The van der Waals surface area contributed by atoms with Crippen LogP contribution in [0.3, 0.4) is 0 Å². The zero-order valence-corrected chi connectivity index (χ0v) is 10.4. The van der Waals surface area contributed by atoms with Gasteiger partial charge in [0.25, 0.3) is 5.91 Å². The van der Waals surface area contributed by atoms with Crippen molar-refractivity contribution >= 4 is 5.91 Å². The van der Waals surface area contributed by atoms with Gasteiger partial charge in [0.2, 0.25) is 0 Å². The van der Waals surface area contributed by atoms with Crippen LogP contribution in [0.15, 0.2) is 0 Å². The highest BCUT2D eigenvalue weighted by atomic mass is 16.5. The zero-order chi connectivity index (χ0) is 12.1. The highest BCUT2D eigenvalue weighted by Crippen LogP contribution is 2.21. The summed E-state index contributed by atoms with van der Waals surface area (Å²) in [6, 6.07) is 0.510. The van der Waals surface area contributed by atoms with E-state index in [1.54, 1.807) is 0 Å². The van der Waals surface area contributed by atoms with Crippen molar-refractivity contribution in [2.75, 3.05) is 13.1 Å². The second kappa shape index (κ2) is 6.18. The van der Waals surface area contributed by atoms with Crippen LogP contribution in [0.5, 0.6) is 0 Å². The Kier molecular flexibility index (Phi) is 5.18. The molecule has 5 nitrogen and oxygen atoms in total. The molecule has 94 valence electrons. The second-order valence-electron chi connectivity index (χ2n) is 4.51. The first-order valence-electron chi connectivity index (χ1n) is 5.98. The number of rotatable bonds is 5. The Balaban J connectivity index is 2.38. The summed E-state index contributed by atoms with van der Waals surface area (Å²) in [5, 5.41) is 0. The third-order valence-corrected chi connectivity index (χ3v) is 3.12. The lowest BCUT2D eigenvalue weighted by Gasteiger charge is -2.27. The average Bonchev–Trinajstić information content (AvgIpc) is 2.72. The molecule has 0 saturated carbocycles. The van der Waals surface area contributed by atoms with Gasteiger partial charge in [0.1, 0.15) is 6.10 Å². The van der Waals surface area contributed by atoms with Crippen LogP contribution in [0.2, 0.25) is 0 Å². The molecule has 2 atom stereocenters. The molecule has 16 heavy (non-hydrogen) atoms. The standard InChI is InChI=1S/C11H23N3O2/c1-4-14(8(2)3)7-9-5-6-10(16-9)11(15)13-12/h8-10H,4-7,12H2,1-3H3,(H,13,15). The van der Waals surface area contributed by atoms with Crippen LogP contribution in [-0.4, -0.2) is 42.1 Å². The molecule has 0 spiro atoms. The first-order valence-corrected chi connectivity index (χ1v) is 5.98. The van der Waals surface area contributed by atoms with E-state index in [0.29, 0.717) is 6.04 Å². The van der Waals surface area contributed by atoms with Gasteiger partial charge in [-0.3, -0.25) is 15.1 Å². The number of nitrogens with one attached hydrogen (secondary N) is 1. The van der Waals surface area contributed by atoms with Crippen LogP contribution in [-0.2, 0) is 9.53 Å². The molecule has 1 fully saturated rings. The summed E-state index contributed by atoms with van der Waals surface area (Å²) in [6.07, 6.45) is 1.50. The quantitative estimate of drug-likeness (QED) is 0.403. The fourth-order valence-electron chi connectivity index (χ4n) is 2.09. The van der Waals surface area contributed by atoms with Crippen molar-refractivity contribution in [1.29, 1.82) is 0 Å². The van der Waals surface area contributed by atoms with Gasteiger partial charge in [-0.05, 0) is 33.2 Å².